The molecule has 15 heavy (non-hydrogen) atoms. The normalized spacial score (nSPS) is 23.5. The number of ether oxygens (including phenoxy) is 1. The second-order valence-corrected chi connectivity index (χ2v) is 4.95. The van der Waals surface area contributed by atoms with Gasteiger partial charge in [-0.3, -0.25) is 4.79 Å². The maximum absolute atomic E-state index is 10.6. The highest BCUT2D eigenvalue weighted by molar-refractivity contribution is 14.1. The van der Waals surface area contributed by atoms with E-state index in [2.05, 4.69) is 22.6 Å². The molecular weight excluding hydrogens is 307 g/mol. The van der Waals surface area contributed by atoms with E-state index in [0.717, 1.165) is 15.7 Å². The molecule has 0 aromatic heterocycles. The van der Waals surface area contributed by atoms with Crippen LogP contribution in [0.2, 0.25) is 0 Å². The zero-order valence-electron chi connectivity index (χ0n) is 8.02. The van der Waals surface area contributed by atoms with E-state index in [1.54, 1.807) is 0 Å². The Morgan fingerprint density at radius 2 is 2.13 bits per heavy atom. The fourth-order valence-electron chi connectivity index (χ4n) is 1.47. The van der Waals surface area contributed by atoms with Crippen LogP contribution in [0, 0.1) is 15.4 Å². The Balaban J connectivity index is 1.80. The molecule has 1 aliphatic carbocycles. The molecule has 1 fully saturated rings. The monoisotopic (exact) mass is 318 g/mol. The van der Waals surface area contributed by atoms with E-state index >= 15 is 0 Å². The number of hydrogen-bond donors (Lipinski definition) is 1. The predicted molar refractivity (Wildman–Crippen MR) is 63.9 cm³/mol. The van der Waals surface area contributed by atoms with Crippen molar-refractivity contribution in [1.29, 1.82) is 0 Å². The van der Waals surface area contributed by atoms with Crippen LogP contribution >= 0.6 is 22.6 Å². The average molecular weight is 318 g/mol. The van der Waals surface area contributed by atoms with Gasteiger partial charge in [-0.2, -0.15) is 0 Å². The lowest BCUT2D eigenvalue weighted by molar-refractivity contribution is -0.138. The maximum atomic E-state index is 10.6. The van der Waals surface area contributed by atoms with Crippen LogP contribution in [0.15, 0.2) is 24.3 Å². The third-order valence-corrected chi connectivity index (χ3v) is 3.24. The summed E-state index contributed by atoms with van der Waals surface area (Å²) in [5.74, 6) is 0.119. The van der Waals surface area contributed by atoms with Crippen molar-refractivity contribution in [2.75, 3.05) is 6.61 Å². The van der Waals surface area contributed by atoms with Gasteiger partial charge in [0.15, 0.2) is 0 Å². The van der Waals surface area contributed by atoms with E-state index in [1.165, 1.54) is 0 Å². The lowest BCUT2D eigenvalue weighted by Crippen LogP contribution is -2.06. The van der Waals surface area contributed by atoms with Gasteiger partial charge < -0.3 is 9.84 Å². The molecular formula is C11H11IO3. The molecule has 0 unspecified atom stereocenters. The molecule has 0 radical (unpaired) electrons. The van der Waals surface area contributed by atoms with Crippen LogP contribution in [0.5, 0.6) is 5.75 Å². The molecule has 1 aromatic rings. The Kier molecular flexibility index (Phi) is 3.14. The summed E-state index contributed by atoms with van der Waals surface area (Å²) >= 11 is 2.23. The van der Waals surface area contributed by atoms with Crippen molar-refractivity contribution in [3.63, 3.8) is 0 Å². The number of halogens is 1. The minimum absolute atomic E-state index is 0.186. The largest absolute Gasteiger partial charge is 0.493 e. The van der Waals surface area contributed by atoms with Gasteiger partial charge in [-0.25, -0.2) is 0 Å². The molecule has 80 valence electrons. The third-order valence-electron chi connectivity index (χ3n) is 2.52. The van der Waals surface area contributed by atoms with Gasteiger partial charge >= 0.3 is 5.97 Å². The first kappa shape index (κ1) is 10.7. The lowest BCUT2D eigenvalue weighted by atomic mass is 10.3. The predicted octanol–water partition coefficient (Wildman–Crippen LogP) is 2.39. The molecule has 0 amide bonds. The van der Waals surface area contributed by atoms with Crippen LogP contribution in [-0.2, 0) is 4.79 Å². The Bertz CT molecular complexity index is 361. The van der Waals surface area contributed by atoms with E-state index in [4.69, 9.17) is 9.84 Å². The summed E-state index contributed by atoms with van der Waals surface area (Å²) in [6.45, 7) is 0.511. The molecule has 2 atom stereocenters. The lowest BCUT2D eigenvalue weighted by Gasteiger charge is -2.04. The smallest absolute Gasteiger partial charge is 0.306 e. The highest BCUT2D eigenvalue weighted by atomic mass is 127. The molecule has 1 N–H and O–H groups in total. The van der Waals surface area contributed by atoms with Gasteiger partial charge in [0.25, 0.3) is 0 Å². The Morgan fingerprint density at radius 1 is 1.47 bits per heavy atom. The van der Waals surface area contributed by atoms with E-state index in [-0.39, 0.29) is 11.8 Å². The quantitative estimate of drug-likeness (QED) is 0.867. The summed E-state index contributed by atoms with van der Waals surface area (Å²) < 4.78 is 6.66. The van der Waals surface area contributed by atoms with Crippen LogP contribution in [0.4, 0.5) is 0 Å². The highest BCUT2D eigenvalue weighted by Crippen LogP contribution is 2.38. The Morgan fingerprint density at radius 3 is 2.67 bits per heavy atom. The van der Waals surface area contributed by atoms with Gasteiger partial charge in [0.1, 0.15) is 5.75 Å². The van der Waals surface area contributed by atoms with Crippen LogP contribution in [0.3, 0.4) is 0 Å². The maximum Gasteiger partial charge on any atom is 0.306 e. The van der Waals surface area contributed by atoms with Crippen molar-refractivity contribution < 1.29 is 14.6 Å². The van der Waals surface area contributed by atoms with Crippen molar-refractivity contribution in [3.05, 3.63) is 27.8 Å². The van der Waals surface area contributed by atoms with Gasteiger partial charge in [0.05, 0.1) is 12.5 Å². The highest BCUT2D eigenvalue weighted by Gasteiger charge is 2.43. The van der Waals surface area contributed by atoms with Gasteiger partial charge in [0, 0.05) is 9.49 Å². The molecule has 0 aliphatic heterocycles. The first-order chi connectivity index (χ1) is 7.16. The zero-order chi connectivity index (χ0) is 10.8. The van der Waals surface area contributed by atoms with E-state index in [9.17, 15) is 4.79 Å². The summed E-state index contributed by atoms with van der Waals surface area (Å²) in [4.78, 5) is 10.6. The summed E-state index contributed by atoms with van der Waals surface area (Å²) in [5, 5.41) is 8.70. The number of carboxylic acid groups (broad SMARTS) is 1. The van der Waals surface area contributed by atoms with Gasteiger partial charge in [-0.1, -0.05) is 0 Å². The van der Waals surface area contributed by atoms with Gasteiger partial charge in [-0.05, 0) is 53.3 Å². The topological polar surface area (TPSA) is 46.5 Å². The molecule has 1 saturated carbocycles. The van der Waals surface area contributed by atoms with Crippen LogP contribution in [-0.4, -0.2) is 17.7 Å². The third kappa shape index (κ3) is 2.84. The second kappa shape index (κ2) is 4.38. The first-order valence-corrected chi connectivity index (χ1v) is 5.86. The zero-order valence-corrected chi connectivity index (χ0v) is 10.2. The van der Waals surface area contributed by atoms with Crippen LogP contribution in [0.25, 0.3) is 0 Å². The second-order valence-electron chi connectivity index (χ2n) is 3.71. The van der Waals surface area contributed by atoms with E-state index in [1.807, 2.05) is 24.3 Å². The van der Waals surface area contributed by atoms with Crippen LogP contribution in [0.1, 0.15) is 6.42 Å². The standard InChI is InChI=1S/C11H11IO3/c12-8-1-3-9(4-2-8)15-6-7-5-10(7)11(13)14/h1-4,7,10H,5-6H2,(H,13,14)/t7-,10+/m0/s1. The summed E-state index contributed by atoms with van der Waals surface area (Å²) in [6.07, 6.45) is 0.750. The summed E-state index contributed by atoms with van der Waals surface area (Å²) in [5.41, 5.74) is 0. The SMILES string of the molecule is O=C(O)[C@@H]1C[C@H]1COc1ccc(I)cc1. The number of hydrogen-bond acceptors (Lipinski definition) is 2. The minimum atomic E-state index is -0.703. The molecule has 3 nitrogen and oxygen atoms in total. The van der Waals surface area contributed by atoms with Crippen molar-refractivity contribution >= 4 is 28.6 Å². The molecule has 4 heteroatoms. The number of benzene rings is 1. The number of rotatable bonds is 4. The number of carbonyl (C=O) groups is 1. The van der Waals surface area contributed by atoms with E-state index in [0.29, 0.717) is 6.61 Å². The van der Waals surface area contributed by atoms with Gasteiger partial charge in [-0.15, -0.1) is 0 Å². The number of carboxylic acids is 1. The first-order valence-electron chi connectivity index (χ1n) is 4.78. The number of aliphatic carboxylic acids is 1. The fourth-order valence-corrected chi connectivity index (χ4v) is 1.83. The fraction of sp³-hybridized carbons (Fsp3) is 0.364. The van der Waals surface area contributed by atoms with Crippen molar-refractivity contribution in [2.45, 2.75) is 6.42 Å². The molecule has 1 aliphatic rings. The van der Waals surface area contributed by atoms with Gasteiger partial charge in [0.2, 0.25) is 0 Å². The van der Waals surface area contributed by atoms with E-state index < -0.39 is 5.97 Å². The minimum Gasteiger partial charge on any atom is -0.493 e. The Hall–Kier alpha value is -0.780. The van der Waals surface area contributed by atoms with Crippen LogP contribution < -0.4 is 4.74 Å². The summed E-state index contributed by atoms with van der Waals surface area (Å²) in [7, 11) is 0. The summed E-state index contributed by atoms with van der Waals surface area (Å²) in [6, 6.07) is 7.74. The molecule has 0 heterocycles. The van der Waals surface area contributed by atoms with Crippen molar-refractivity contribution in [3.8, 4) is 5.75 Å². The molecule has 0 spiro atoms. The molecule has 2 rings (SSSR count). The van der Waals surface area contributed by atoms with Crippen molar-refractivity contribution in [2.24, 2.45) is 11.8 Å². The van der Waals surface area contributed by atoms with Crippen molar-refractivity contribution in [1.82, 2.24) is 0 Å². The molecule has 1 aromatic carbocycles. The Labute approximate surface area is 102 Å². The average Bonchev–Trinajstić information content (AvgIpc) is 2.96. The molecule has 0 saturated heterocycles. The molecule has 0 bridgehead atoms.